The van der Waals surface area contributed by atoms with Gasteiger partial charge in [-0.25, -0.2) is 0 Å². The Morgan fingerprint density at radius 3 is 2.68 bits per heavy atom. The minimum absolute atomic E-state index is 0.0657. The van der Waals surface area contributed by atoms with Gasteiger partial charge < -0.3 is 10.5 Å². The average Bonchev–Trinajstić information content (AvgIpc) is 2.49. The van der Waals surface area contributed by atoms with Crippen LogP contribution in [-0.4, -0.2) is 5.60 Å². The second-order valence-electron chi connectivity index (χ2n) is 7.11. The first kappa shape index (κ1) is 13.4. The first-order chi connectivity index (χ1) is 8.81. The molecule has 0 amide bonds. The van der Waals surface area contributed by atoms with Crippen molar-refractivity contribution in [1.29, 1.82) is 0 Å². The number of halogens is 1. The summed E-state index contributed by atoms with van der Waals surface area (Å²) in [6, 6.07) is 6.27. The molecule has 1 aliphatic carbocycles. The quantitative estimate of drug-likeness (QED) is 0.766. The van der Waals surface area contributed by atoms with Crippen LogP contribution in [0.15, 0.2) is 22.7 Å². The summed E-state index contributed by atoms with van der Waals surface area (Å²) < 4.78 is 7.52. The number of fused-ring (bicyclic) bond motifs is 1. The SMILES string of the molecule is CC1CC(C)(C)CC12C[C@H](N)c1cc(Br)ccc1O2. The van der Waals surface area contributed by atoms with E-state index in [4.69, 9.17) is 10.5 Å². The van der Waals surface area contributed by atoms with Crippen molar-refractivity contribution in [1.82, 2.24) is 0 Å². The van der Waals surface area contributed by atoms with Gasteiger partial charge in [0.15, 0.2) is 0 Å². The molecule has 19 heavy (non-hydrogen) atoms. The summed E-state index contributed by atoms with van der Waals surface area (Å²) in [4.78, 5) is 0. The van der Waals surface area contributed by atoms with E-state index in [1.54, 1.807) is 0 Å². The maximum Gasteiger partial charge on any atom is 0.125 e. The van der Waals surface area contributed by atoms with E-state index in [1.165, 1.54) is 6.42 Å². The lowest BCUT2D eigenvalue weighted by Gasteiger charge is -2.42. The molecular weight excluding hydrogens is 302 g/mol. The number of ether oxygens (including phenoxy) is 1. The highest BCUT2D eigenvalue weighted by Crippen LogP contribution is 2.55. The molecule has 3 atom stereocenters. The molecule has 0 radical (unpaired) electrons. The van der Waals surface area contributed by atoms with Gasteiger partial charge >= 0.3 is 0 Å². The summed E-state index contributed by atoms with van der Waals surface area (Å²) in [5.41, 5.74) is 7.84. The normalized spacial score (nSPS) is 36.1. The Labute approximate surface area is 123 Å². The topological polar surface area (TPSA) is 35.2 Å². The van der Waals surface area contributed by atoms with Gasteiger partial charge in [0.05, 0.1) is 0 Å². The van der Waals surface area contributed by atoms with Gasteiger partial charge in [0.2, 0.25) is 0 Å². The van der Waals surface area contributed by atoms with E-state index in [0.717, 1.165) is 28.6 Å². The second-order valence-corrected chi connectivity index (χ2v) is 8.02. The lowest BCUT2D eigenvalue weighted by Crippen LogP contribution is -2.45. The molecular formula is C16H22BrNO. The van der Waals surface area contributed by atoms with Crippen LogP contribution < -0.4 is 10.5 Å². The summed E-state index contributed by atoms with van der Waals surface area (Å²) in [6.07, 6.45) is 3.25. The van der Waals surface area contributed by atoms with Crippen LogP contribution in [0.1, 0.15) is 51.6 Å². The van der Waals surface area contributed by atoms with Gasteiger partial charge in [-0.3, -0.25) is 0 Å². The van der Waals surface area contributed by atoms with Crippen molar-refractivity contribution in [3.8, 4) is 5.75 Å². The van der Waals surface area contributed by atoms with Gasteiger partial charge in [-0.15, -0.1) is 0 Å². The molecule has 2 unspecified atom stereocenters. The van der Waals surface area contributed by atoms with E-state index in [-0.39, 0.29) is 11.6 Å². The van der Waals surface area contributed by atoms with Crippen molar-refractivity contribution in [2.45, 2.75) is 51.7 Å². The molecule has 2 nitrogen and oxygen atoms in total. The van der Waals surface area contributed by atoms with Crippen LogP contribution in [0.5, 0.6) is 5.75 Å². The fourth-order valence-electron chi connectivity index (χ4n) is 4.13. The van der Waals surface area contributed by atoms with Crippen LogP contribution in [-0.2, 0) is 0 Å². The van der Waals surface area contributed by atoms with Crippen molar-refractivity contribution in [2.24, 2.45) is 17.1 Å². The van der Waals surface area contributed by atoms with Crippen molar-refractivity contribution < 1.29 is 4.74 Å². The van der Waals surface area contributed by atoms with E-state index >= 15 is 0 Å². The van der Waals surface area contributed by atoms with Crippen LogP contribution in [0.3, 0.4) is 0 Å². The molecule has 1 heterocycles. The lowest BCUT2D eigenvalue weighted by molar-refractivity contribution is 0.00180. The maximum absolute atomic E-state index is 6.45. The smallest absolute Gasteiger partial charge is 0.125 e. The van der Waals surface area contributed by atoms with Crippen molar-refractivity contribution in [3.05, 3.63) is 28.2 Å². The van der Waals surface area contributed by atoms with Crippen LogP contribution in [0.25, 0.3) is 0 Å². The zero-order valence-electron chi connectivity index (χ0n) is 11.9. The van der Waals surface area contributed by atoms with Crippen LogP contribution >= 0.6 is 15.9 Å². The molecule has 1 saturated carbocycles. The van der Waals surface area contributed by atoms with Crippen LogP contribution in [0.4, 0.5) is 0 Å². The molecule has 1 aromatic carbocycles. The number of benzene rings is 1. The maximum atomic E-state index is 6.45. The van der Waals surface area contributed by atoms with Crippen LogP contribution in [0.2, 0.25) is 0 Å². The molecule has 2 aliphatic rings. The minimum Gasteiger partial charge on any atom is -0.487 e. The highest BCUT2D eigenvalue weighted by Gasteiger charge is 2.53. The zero-order valence-corrected chi connectivity index (χ0v) is 13.5. The van der Waals surface area contributed by atoms with E-state index < -0.39 is 0 Å². The molecule has 3 rings (SSSR count). The van der Waals surface area contributed by atoms with Gasteiger partial charge in [-0.05, 0) is 42.4 Å². The number of hydrogen-bond acceptors (Lipinski definition) is 2. The number of nitrogens with two attached hydrogens (primary N) is 1. The average molecular weight is 324 g/mol. The predicted octanol–water partition coefficient (Wildman–Crippen LogP) is 4.43. The summed E-state index contributed by atoms with van der Waals surface area (Å²) in [7, 11) is 0. The van der Waals surface area contributed by atoms with Gasteiger partial charge in [0, 0.05) is 22.5 Å². The molecule has 3 heteroatoms. The van der Waals surface area contributed by atoms with E-state index in [9.17, 15) is 0 Å². The summed E-state index contributed by atoms with van der Waals surface area (Å²) >= 11 is 3.51. The molecule has 1 spiro atoms. The van der Waals surface area contributed by atoms with E-state index in [0.29, 0.717) is 11.3 Å². The molecule has 2 N–H and O–H groups in total. The van der Waals surface area contributed by atoms with E-state index in [1.807, 2.05) is 6.07 Å². The third kappa shape index (κ3) is 2.21. The van der Waals surface area contributed by atoms with E-state index in [2.05, 4.69) is 48.8 Å². The molecule has 1 fully saturated rings. The largest absolute Gasteiger partial charge is 0.487 e. The monoisotopic (exact) mass is 323 g/mol. The first-order valence-electron chi connectivity index (χ1n) is 7.05. The Hall–Kier alpha value is -0.540. The highest BCUT2D eigenvalue weighted by atomic mass is 79.9. The molecule has 1 aromatic rings. The summed E-state index contributed by atoms with van der Waals surface area (Å²) in [5, 5.41) is 0. The van der Waals surface area contributed by atoms with Gasteiger partial charge in [0.1, 0.15) is 11.4 Å². The number of rotatable bonds is 0. The Morgan fingerprint density at radius 1 is 1.32 bits per heavy atom. The highest BCUT2D eigenvalue weighted by molar-refractivity contribution is 9.10. The van der Waals surface area contributed by atoms with Gasteiger partial charge in [-0.1, -0.05) is 36.7 Å². The predicted molar refractivity (Wildman–Crippen MR) is 81.2 cm³/mol. The Morgan fingerprint density at radius 2 is 2.05 bits per heavy atom. The third-order valence-corrected chi connectivity index (χ3v) is 5.28. The Kier molecular flexibility index (Phi) is 2.99. The zero-order chi connectivity index (χ0) is 13.8. The van der Waals surface area contributed by atoms with Crippen molar-refractivity contribution in [3.63, 3.8) is 0 Å². The van der Waals surface area contributed by atoms with Crippen molar-refractivity contribution >= 4 is 15.9 Å². The Bertz CT molecular complexity index is 513. The molecule has 1 aliphatic heterocycles. The minimum atomic E-state index is -0.0657. The molecule has 0 aromatic heterocycles. The summed E-state index contributed by atoms with van der Waals surface area (Å²) in [6.45, 7) is 6.99. The standard InChI is InChI=1S/C16H22BrNO/c1-10-7-15(2,3)9-16(10)8-13(18)12-6-11(17)4-5-14(12)19-16/h4-6,10,13H,7-9,18H2,1-3H3/t10?,13-,16?/m0/s1. The third-order valence-electron chi connectivity index (χ3n) is 4.78. The first-order valence-corrected chi connectivity index (χ1v) is 7.85. The molecule has 0 bridgehead atoms. The molecule has 104 valence electrons. The van der Waals surface area contributed by atoms with Gasteiger partial charge in [-0.2, -0.15) is 0 Å². The van der Waals surface area contributed by atoms with Gasteiger partial charge in [0.25, 0.3) is 0 Å². The Balaban J connectivity index is 1.99. The second kappa shape index (κ2) is 4.23. The lowest BCUT2D eigenvalue weighted by atomic mass is 9.80. The van der Waals surface area contributed by atoms with Crippen molar-refractivity contribution in [2.75, 3.05) is 0 Å². The fourth-order valence-corrected chi connectivity index (χ4v) is 4.51. The fraction of sp³-hybridized carbons (Fsp3) is 0.625. The molecule has 0 saturated heterocycles. The van der Waals surface area contributed by atoms with Crippen LogP contribution in [0, 0.1) is 11.3 Å². The number of hydrogen-bond donors (Lipinski definition) is 1. The summed E-state index contributed by atoms with van der Waals surface area (Å²) in [5.74, 6) is 1.54.